The summed E-state index contributed by atoms with van der Waals surface area (Å²) in [5.41, 5.74) is 7.32. The van der Waals surface area contributed by atoms with Crippen LogP contribution in [0, 0.1) is 11.8 Å². The van der Waals surface area contributed by atoms with Gasteiger partial charge in [0.1, 0.15) is 0 Å². The molecule has 188 valence electrons. The van der Waals surface area contributed by atoms with Gasteiger partial charge < -0.3 is 10.2 Å². The molecule has 8 nitrogen and oxygen atoms in total. The minimum absolute atomic E-state index is 0.279. The maximum Gasteiger partial charge on any atom is 0.275 e. The number of nitrogens with zero attached hydrogens (tertiary/aromatic N) is 2. The summed E-state index contributed by atoms with van der Waals surface area (Å²) in [5.74, 6) is 3.96. The van der Waals surface area contributed by atoms with E-state index in [9.17, 15) is 14.4 Å². The highest BCUT2D eigenvalue weighted by molar-refractivity contribution is 6.08. The predicted octanol–water partition coefficient (Wildman–Crippen LogP) is 2.29. The number of nitrogens with one attached hydrogen (secondary N) is 2. The molecule has 0 aromatic heterocycles. The first kappa shape index (κ1) is 25.6. The van der Waals surface area contributed by atoms with E-state index in [1.807, 2.05) is 12.1 Å². The summed E-state index contributed by atoms with van der Waals surface area (Å²) in [6.45, 7) is 2.81. The van der Waals surface area contributed by atoms with Crippen molar-refractivity contribution in [1.82, 2.24) is 20.6 Å². The van der Waals surface area contributed by atoms with Crippen LogP contribution in [0.3, 0.4) is 0 Å². The van der Waals surface area contributed by atoms with Gasteiger partial charge in [-0.3, -0.25) is 24.5 Å². The molecule has 4 rings (SSSR count). The number of likely N-dealkylation sites (N-methyl/N-ethyl adjacent to an activating group) is 2. The van der Waals surface area contributed by atoms with E-state index in [0.717, 1.165) is 30.1 Å². The molecule has 1 heterocycles. The lowest BCUT2D eigenvalue weighted by Crippen LogP contribution is -2.54. The highest BCUT2D eigenvalue weighted by Gasteiger charge is 2.33. The molecular weight excluding hydrogens is 468 g/mol. The number of carbonyl (C=O) groups excluding carboxylic acids is 3. The summed E-state index contributed by atoms with van der Waals surface area (Å²) >= 11 is 0. The molecule has 1 unspecified atom stereocenters. The molecule has 0 saturated heterocycles. The summed E-state index contributed by atoms with van der Waals surface area (Å²) in [7, 11) is 2.66. The van der Waals surface area contributed by atoms with Crippen molar-refractivity contribution in [3.05, 3.63) is 106 Å². The van der Waals surface area contributed by atoms with Gasteiger partial charge in [-0.2, -0.15) is 0 Å². The van der Waals surface area contributed by atoms with Crippen molar-refractivity contribution in [2.24, 2.45) is 0 Å². The average molecular weight is 497 g/mol. The van der Waals surface area contributed by atoms with Crippen molar-refractivity contribution in [3.8, 4) is 11.8 Å². The van der Waals surface area contributed by atoms with Gasteiger partial charge in [0.2, 0.25) is 0 Å². The molecule has 3 amide bonds. The summed E-state index contributed by atoms with van der Waals surface area (Å²) in [6, 6.07) is 21.8. The van der Waals surface area contributed by atoms with Gasteiger partial charge in [-0.25, -0.2) is 5.48 Å². The van der Waals surface area contributed by atoms with Crippen LogP contribution in [0.25, 0.3) is 0 Å². The van der Waals surface area contributed by atoms with Gasteiger partial charge in [0.25, 0.3) is 17.7 Å². The van der Waals surface area contributed by atoms with Crippen molar-refractivity contribution >= 4 is 17.7 Å². The van der Waals surface area contributed by atoms with Crippen LogP contribution in [0.5, 0.6) is 0 Å². The largest absolute Gasteiger partial charge is 0.357 e. The minimum Gasteiger partial charge on any atom is -0.357 e. The number of carbonyl (C=O) groups is 3. The molecule has 37 heavy (non-hydrogen) atoms. The van der Waals surface area contributed by atoms with Crippen molar-refractivity contribution < 1.29 is 19.6 Å². The zero-order chi connectivity index (χ0) is 26.4. The molecule has 0 fully saturated rings. The normalized spacial score (nSPS) is 13.1. The van der Waals surface area contributed by atoms with E-state index >= 15 is 0 Å². The van der Waals surface area contributed by atoms with E-state index in [4.69, 9.17) is 5.21 Å². The molecular formula is C29H28N4O4. The van der Waals surface area contributed by atoms with Gasteiger partial charge in [0, 0.05) is 50.4 Å². The molecule has 3 N–H and O–H groups in total. The lowest BCUT2D eigenvalue weighted by atomic mass is 10.1. The zero-order valence-electron chi connectivity index (χ0n) is 20.7. The zero-order valence-corrected chi connectivity index (χ0v) is 20.7. The van der Waals surface area contributed by atoms with E-state index in [0.29, 0.717) is 5.56 Å². The van der Waals surface area contributed by atoms with E-state index < -0.39 is 23.8 Å². The van der Waals surface area contributed by atoms with E-state index in [-0.39, 0.29) is 5.56 Å². The molecule has 3 aromatic rings. The average Bonchev–Trinajstić information content (AvgIpc) is 3.34. The van der Waals surface area contributed by atoms with Crippen LogP contribution in [0.4, 0.5) is 0 Å². The maximum absolute atomic E-state index is 12.8. The van der Waals surface area contributed by atoms with Gasteiger partial charge in [-0.1, -0.05) is 48.2 Å². The van der Waals surface area contributed by atoms with E-state index in [1.165, 1.54) is 36.3 Å². The van der Waals surface area contributed by atoms with Crippen molar-refractivity contribution in [2.45, 2.75) is 25.7 Å². The smallest absolute Gasteiger partial charge is 0.275 e. The Hall–Kier alpha value is -4.45. The number of fused-ring (bicyclic) bond motifs is 1. The molecule has 0 saturated carbocycles. The van der Waals surface area contributed by atoms with Gasteiger partial charge in [0.15, 0.2) is 6.04 Å². The Labute approximate surface area is 215 Å². The van der Waals surface area contributed by atoms with Crippen molar-refractivity contribution in [1.29, 1.82) is 0 Å². The number of benzene rings is 3. The van der Waals surface area contributed by atoms with Crippen LogP contribution < -0.4 is 10.8 Å². The van der Waals surface area contributed by atoms with E-state index in [1.54, 1.807) is 24.3 Å². The molecule has 3 aromatic carbocycles. The van der Waals surface area contributed by atoms with Crippen LogP contribution in [0.15, 0.2) is 72.8 Å². The highest BCUT2D eigenvalue weighted by Crippen LogP contribution is 2.24. The molecule has 0 bridgehead atoms. The number of rotatable bonds is 6. The first-order chi connectivity index (χ1) is 17.9. The first-order valence-electron chi connectivity index (χ1n) is 11.8. The Morgan fingerprint density at radius 2 is 1.43 bits per heavy atom. The van der Waals surface area contributed by atoms with Crippen molar-refractivity contribution in [3.63, 3.8) is 0 Å². The number of hydroxylamine groups is 1. The third kappa shape index (κ3) is 6.04. The molecule has 0 aliphatic carbocycles. The van der Waals surface area contributed by atoms with Gasteiger partial charge in [0.05, 0.1) is 0 Å². The Bertz CT molecular complexity index is 1320. The second-order valence-electron chi connectivity index (χ2n) is 8.85. The second kappa shape index (κ2) is 11.5. The topological polar surface area (TPSA) is 102 Å². The Kier molecular flexibility index (Phi) is 7.98. The Morgan fingerprint density at radius 1 is 0.892 bits per heavy atom. The lowest BCUT2D eigenvalue weighted by Gasteiger charge is -2.25. The summed E-state index contributed by atoms with van der Waals surface area (Å²) < 4.78 is 0. The quantitative estimate of drug-likeness (QED) is 0.210. The number of hydrogen-bond donors (Lipinski definition) is 3. The van der Waals surface area contributed by atoms with Crippen LogP contribution in [-0.2, 0) is 29.2 Å². The third-order valence-corrected chi connectivity index (χ3v) is 6.31. The maximum atomic E-state index is 12.8. The summed E-state index contributed by atoms with van der Waals surface area (Å²) in [4.78, 5) is 40.1. The Balaban J connectivity index is 1.37. The SMILES string of the molecule is CNC(=O)C(C(=O)NO)N(C)C(=O)c1ccc(C#Cc2ccc(CN3Cc4ccccc4C3)cc2)cc1. The fourth-order valence-corrected chi connectivity index (χ4v) is 4.30. The monoisotopic (exact) mass is 496 g/mol. The molecule has 1 atom stereocenters. The van der Waals surface area contributed by atoms with Crippen LogP contribution in [0.1, 0.15) is 38.2 Å². The van der Waals surface area contributed by atoms with Crippen LogP contribution in [0.2, 0.25) is 0 Å². The first-order valence-corrected chi connectivity index (χ1v) is 11.8. The molecule has 0 radical (unpaired) electrons. The van der Waals surface area contributed by atoms with Gasteiger partial charge in [-0.15, -0.1) is 0 Å². The molecule has 8 heteroatoms. The van der Waals surface area contributed by atoms with Crippen molar-refractivity contribution in [2.75, 3.05) is 14.1 Å². The fourth-order valence-electron chi connectivity index (χ4n) is 4.30. The van der Waals surface area contributed by atoms with E-state index in [2.05, 4.69) is 58.5 Å². The third-order valence-electron chi connectivity index (χ3n) is 6.31. The van der Waals surface area contributed by atoms with Crippen LogP contribution >= 0.6 is 0 Å². The standard InChI is InChI=1S/C29H28N4O4/c1-30-27(34)26(28(35)31-37)32(2)29(36)23-15-13-21(14-16-23)8-7-20-9-11-22(12-10-20)17-33-18-24-5-3-4-6-25(24)19-33/h3-6,9-16,26,37H,17-19H2,1-2H3,(H,30,34)(H,31,35). The van der Waals surface area contributed by atoms with Gasteiger partial charge >= 0.3 is 0 Å². The highest BCUT2D eigenvalue weighted by atomic mass is 16.5. The predicted molar refractivity (Wildman–Crippen MR) is 138 cm³/mol. The molecule has 0 spiro atoms. The molecule has 1 aliphatic rings. The summed E-state index contributed by atoms with van der Waals surface area (Å²) in [6.07, 6.45) is 0. The summed E-state index contributed by atoms with van der Waals surface area (Å²) in [5, 5.41) is 11.2. The fraction of sp³-hybridized carbons (Fsp3) is 0.207. The van der Waals surface area contributed by atoms with Crippen LogP contribution in [-0.4, -0.2) is 52.9 Å². The number of amides is 3. The lowest BCUT2D eigenvalue weighted by molar-refractivity contribution is -0.140. The molecule has 1 aliphatic heterocycles. The minimum atomic E-state index is -1.51. The van der Waals surface area contributed by atoms with Gasteiger partial charge in [-0.05, 0) is 53.1 Å². The Morgan fingerprint density at radius 3 is 1.95 bits per heavy atom. The number of hydrogen-bond acceptors (Lipinski definition) is 5. The second-order valence-corrected chi connectivity index (χ2v) is 8.85.